The van der Waals surface area contributed by atoms with Gasteiger partial charge in [-0.2, -0.15) is 0 Å². The van der Waals surface area contributed by atoms with E-state index in [2.05, 4.69) is 0 Å². The minimum atomic E-state index is -1.01. The van der Waals surface area contributed by atoms with Crippen LogP contribution in [0.2, 0.25) is 0 Å². The van der Waals surface area contributed by atoms with Crippen molar-refractivity contribution in [2.24, 2.45) is 0 Å². The molecule has 1 N–H and O–H groups in total. The molecule has 0 aliphatic heterocycles. The molecule has 2 rings (SSSR count). The highest BCUT2D eigenvalue weighted by molar-refractivity contribution is 6.01. The summed E-state index contributed by atoms with van der Waals surface area (Å²) in [6.45, 7) is 0. The second-order valence-electron chi connectivity index (χ2n) is 3.52. The molecular formula is C13H10O3. The van der Waals surface area contributed by atoms with Crippen LogP contribution >= 0.6 is 0 Å². The van der Waals surface area contributed by atoms with Crippen molar-refractivity contribution < 1.29 is 14.7 Å². The predicted molar refractivity (Wildman–Crippen MR) is 59.4 cm³/mol. The Morgan fingerprint density at radius 3 is 2.62 bits per heavy atom. The molecule has 0 spiro atoms. The van der Waals surface area contributed by atoms with Crippen molar-refractivity contribution in [1.82, 2.24) is 0 Å². The van der Waals surface area contributed by atoms with Crippen LogP contribution in [0.4, 0.5) is 0 Å². The summed E-state index contributed by atoms with van der Waals surface area (Å²) in [7, 11) is 0. The number of carboxylic acid groups (broad SMARTS) is 1. The molecule has 3 nitrogen and oxygen atoms in total. The van der Waals surface area contributed by atoms with Gasteiger partial charge in [0, 0.05) is 0 Å². The van der Waals surface area contributed by atoms with Crippen LogP contribution in [-0.2, 0) is 4.79 Å². The number of aromatic carboxylic acids is 1. The van der Waals surface area contributed by atoms with E-state index in [-0.39, 0.29) is 11.3 Å². The van der Waals surface area contributed by atoms with E-state index in [9.17, 15) is 9.59 Å². The first kappa shape index (κ1) is 10.4. The quantitative estimate of drug-likeness (QED) is 0.820. The molecule has 1 aromatic rings. The Morgan fingerprint density at radius 2 is 1.94 bits per heavy atom. The second-order valence-corrected chi connectivity index (χ2v) is 3.52. The lowest BCUT2D eigenvalue weighted by molar-refractivity contribution is -0.115. The minimum Gasteiger partial charge on any atom is -0.478 e. The molecule has 1 unspecified atom stereocenters. The zero-order chi connectivity index (χ0) is 11.5. The Bertz CT molecular complexity index is 498. The Balaban J connectivity index is 2.48. The molecule has 0 fully saturated rings. The van der Waals surface area contributed by atoms with Gasteiger partial charge in [0.2, 0.25) is 0 Å². The molecule has 0 aromatic heterocycles. The van der Waals surface area contributed by atoms with Gasteiger partial charge in [0.05, 0.1) is 11.5 Å². The highest BCUT2D eigenvalue weighted by Gasteiger charge is 2.22. The van der Waals surface area contributed by atoms with Gasteiger partial charge in [0.15, 0.2) is 5.78 Å². The molecule has 0 saturated heterocycles. The topological polar surface area (TPSA) is 54.4 Å². The minimum absolute atomic E-state index is 0.0869. The molecule has 1 aliphatic rings. The molecule has 0 saturated carbocycles. The van der Waals surface area contributed by atoms with Crippen LogP contribution in [0.1, 0.15) is 21.8 Å². The zero-order valence-electron chi connectivity index (χ0n) is 8.46. The molecule has 0 amide bonds. The number of hydrogen-bond acceptors (Lipinski definition) is 2. The van der Waals surface area contributed by atoms with Gasteiger partial charge >= 0.3 is 5.97 Å². The SMILES string of the molecule is O=C(O)c1ccccc1C1C=CC=CC1=O. The van der Waals surface area contributed by atoms with Crippen LogP contribution in [0.5, 0.6) is 0 Å². The lowest BCUT2D eigenvalue weighted by Crippen LogP contribution is -2.13. The number of ketones is 1. The first-order valence-corrected chi connectivity index (χ1v) is 4.91. The monoisotopic (exact) mass is 214 g/mol. The smallest absolute Gasteiger partial charge is 0.335 e. The second kappa shape index (κ2) is 4.14. The summed E-state index contributed by atoms with van der Waals surface area (Å²) in [5.41, 5.74) is 0.724. The first-order valence-electron chi connectivity index (χ1n) is 4.91. The van der Waals surface area contributed by atoms with Crippen LogP contribution in [0.25, 0.3) is 0 Å². The van der Waals surface area contributed by atoms with E-state index < -0.39 is 11.9 Å². The molecule has 16 heavy (non-hydrogen) atoms. The third kappa shape index (κ3) is 1.80. The first-order chi connectivity index (χ1) is 7.70. The van der Waals surface area contributed by atoms with Crippen molar-refractivity contribution in [3.05, 3.63) is 59.7 Å². The van der Waals surface area contributed by atoms with Gasteiger partial charge in [-0.15, -0.1) is 0 Å². The standard InChI is InChI=1S/C13H10O3/c14-12-8-4-3-6-10(12)9-5-1-2-7-11(9)13(15)16/h1-8,10H,(H,15,16). The third-order valence-electron chi connectivity index (χ3n) is 2.51. The van der Waals surface area contributed by atoms with E-state index in [1.807, 2.05) is 0 Å². The van der Waals surface area contributed by atoms with Crippen molar-refractivity contribution in [3.8, 4) is 0 Å². The summed E-state index contributed by atoms with van der Waals surface area (Å²) < 4.78 is 0. The molecule has 0 radical (unpaired) electrons. The maximum absolute atomic E-state index is 11.6. The van der Waals surface area contributed by atoms with Crippen molar-refractivity contribution in [2.75, 3.05) is 0 Å². The van der Waals surface area contributed by atoms with Crippen molar-refractivity contribution in [3.63, 3.8) is 0 Å². The van der Waals surface area contributed by atoms with Crippen LogP contribution in [0.3, 0.4) is 0 Å². The van der Waals surface area contributed by atoms with Crippen LogP contribution in [0, 0.1) is 0 Å². The van der Waals surface area contributed by atoms with Crippen molar-refractivity contribution in [1.29, 1.82) is 0 Å². The summed E-state index contributed by atoms with van der Waals surface area (Å²) in [4.78, 5) is 22.7. The van der Waals surface area contributed by atoms with E-state index in [0.717, 1.165) is 0 Å². The Labute approximate surface area is 92.7 Å². The average Bonchev–Trinajstić information content (AvgIpc) is 2.29. The number of benzene rings is 1. The van der Waals surface area contributed by atoms with E-state index in [4.69, 9.17) is 5.11 Å². The summed E-state index contributed by atoms with van der Waals surface area (Å²) in [6, 6.07) is 6.58. The number of hydrogen-bond donors (Lipinski definition) is 1. The lowest BCUT2D eigenvalue weighted by Gasteiger charge is -2.14. The number of allylic oxidation sites excluding steroid dienone is 4. The average molecular weight is 214 g/mol. The van der Waals surface area contributed by atoms with E-state index in [1.165, 1.54) is 12.1 Å². The summed E-state index contributed by atoms with van der Waals surface area (Å²) in [6.07, 6.45) is 6.58. The molecule has 1 aromatic carbocycles. The number of rotatable bonds is 2. The molecule has 80 valence electrons. The maximum Gasteiger partial charge on any atom is 0.335 e. The van der Waals surface area contributed by atoms with E-state index in [1.54, 1.807) is 36.4 Å². The summed E-state index contributed by atoms with van der Waals surface area (Å²) in [5.74, 6) is -1.57. The van der Waals surface area contributed by atoms with Crippen LogP contribution in [-0.4, -0.2) is 16.9 Å². The normalized spacial score (nSPS) is 18.8. The van der Waals surface area contributed by atoms with E-state index >= 15 is 0 Å². The van der Waals surface area contributed by atoms with Gasteiger partial charge in [-0.25, -0.2) is 4.79 Å². The maximum atomic E-state index is 11.6. The Morgan fingerprint density at radius 1 is 1.19 bits per heavy atom. The molecule has 1 aliphatic carbocycles. The highest BCUT2D eigenvalue weighted by Crippen LogP contribution is 2.25. The van der Waals surface area contributed by atoms with Gasteiger partial charge in [-0.3, -0.25) is 4.79 Å². The Kier molecular flexibility index (Phi) is 2.68. The summed E-state index contributed by atoms with van der Waals surface area (Å²) >= 11 is 0. The number of carboxylic acids is 1. The molecular weight excluding hydrogens is 204 g/mol. The van der Waals surface area contributed by atoms with Gasteiger partial charge in [-0.05, 0) is 17.7 Å². The van der Waals surface area contributed by atoms with Crippen LogP contribution in [0.15, 0.2) is 48.6 Å². The molecule has 1 atom stereocenters. The number of carbonyl (C=O) groups excluding carboxylic acids is 1. The van der Waals surface area contributed by atoms with Gasteiger partial charge in [0.25, 0.3) is 0 Å². The van der Waals surface area contributed by atoms with Crippen LogP contribution < -0.4 is 0 Å². The van der Waals surface area contributed by atoms with Gasteiger partial charge < -0.3 is 5.11 Å². The fourth-order valence-corrected chi connectivity index (χ4v) is 1.74. The molecule has 3 heteroatoms. The lowest BCUT2D eigenvalue weighted by atomic mass is 9.88. The van der Waals surface area contributed by atoms with Crippen molar-refractivity contribution >= 4 is 11.8 Å². The molecule has 0 bridgehead atoms. The fourth-order valence-electron chi connectivity index (χ4n) is 1.74. The van der Waals surface area contributed by atoms with Crippen molar-refractivity contribution in [2.45, 2.75) is 5.92 Å². The molecule has 0 heterocycles. The highest BCUT2D eigenvalue weighted by atomic mass is 16.4. The summed E-state index contributed by atoms with van der Waals surface area (Å²) in [5, 5.41) is 9.03. The largest absolute Gasteiger partial charge is 0.478 e. The van der Waals surface area contributed by atoms with Gasteiger partial charge in [-0.1, -0.05) is 36.4 Å². The fraction of sp³-hybridized carbons (Fsp3) is 0.0769. The number of carbonyl (C=O) groups is 2. The Hall–Kier alpha value is -2.16. The van der Waals surface area contributed by atoms with E-state index in [0.29, 0.717) is 5.56 Å². The zero-order valence-corrected chi connectivity index (χ0v) is 8.46. The predicted octanol–water partition coefficient (Wildman–Crippen LogP) is 2.16. The third-order valence-corrected chi connectivity index (χ3v) is 2.51. The van der Waals surface area contributed by atoms with Gasteiger partial charge in [0.1, 0.15) is 0 Å².